The second-order valence-electron chi connectivity index (χ2n) is 5.60. The molecule has 5 nitrogen and oxygen atoms in total. The van der Waals surface area contributed by atoms with E-state index in [0.717, 1.165) is 0 Å². The first-order valence-corrected chi connectivity index (χ1v) is 8.80. The van der Waals surface area contributed by atoms with Crippen LogP contribution in [0.15, 0.2) is 77.3 Å². The van der Waals surface area contributed by atoms with E-state index in [2.05, 4.69) is 31.9 Å². The Kier molecular flexibility index (Phi) is 5.83. The third kappa shape index (κ3) is 5.15. The maximum Gasteiger partial charge on any atom is 0.323 e. The van der Waals surface area contributed by atoms with Gasteiger partial charge in [0, 0.05) is 21.5 Å². The van der Waals surface area contributed by atoms with Crippen molar-refractivity contribution in [1.82, 2.24) is 0 Å². The molecule has 3 amide bonds. The number of hydrogen-bond donors (Lipinski definition) is 3. The van der Waals surface area contributed by atoms with Gasteiger partial charge in [-0.3, -0.25) is 4.79 Å². The zero-order valence-electron chi connectivity index (χ0n) is 14.0. The van der Waals surface area contributed by atoms with Crippen molar-refractivity contribution < 1.29 is 14.0 Å². The fraction of sp³-hybridized carbons (Fsp3) is 0. The second-order valence-corrected chi connectivity index (χ2v) is 6.52. The first-order chi connectivity index (χ1) is 13.0. The average Bonchev–Trinajstić information content (AvgIpc) is 2.64. The molecule has 0 aliphatic heterocycles. The minimum Gasteiger partial charge on any atom is -0.322 e. The van der Waals surface area contributed by atoms with E-state index in [4.69, 9.17) is 0 Å². The fourth-order valence-electron chi connectivity index (χ4n) is 2.36. The van der Waals surface area contributed by atoms with Gasteiger partial charge in [0.15, 0.2) is 0 Å². The molecule has 0 spiro atoms. The van der Waals surface area contributed by atoms with Crippen LogP contribution in [-0.4, -0.2) is 11.9 Å². The summed E-state index contributed by atoms with van der Waals surface area (Å²) in [5.41, 5.74) is 1.49. The maximum atomic E-state index is 13.8. The molecule has 3 N–H and O–H groups in total. The van der Waals surface area contributed by atoms with E-state index in [1.54, 1.807) is 36.4 Å². The molecule has 0 saturated heterocycles. The Morgan fingerprint density at radius 1 is 0.741 bits per heavy atom. The van der Waals surface area contributed by atoms with Crippen LogP contribution in [0, 0.1) is 5.82 Å². The van der Waals surface area contributed by atoms with Gasteiger partial charge in [-0.1, -0.05) is 40.2 Å². The molecule has 136 valence electrons. The Morgan fingerprint density at radius 3 is 2.11 bits per heavy atom. The summed E-state index contributed by atoms with van der Waals surface area (Å²) < 4.78 is 14.4. The number of amides is 3. The van der Waals surface area contributed by atoms with Gasteiger partial charge in [-0.15, -0.1) is 0 Å². The number of hydrogen-bond acceptors (Lipinski definition) is 2. The van der Waals surface area contributed by atoms with E-state index in [0.29, 0.717) is 21.5 Å². The molecule has 0 aliphatic rings. The van der Waals surface area contributed by atoms with Gasteiger partial charge in [-0.2, -0.15) is 0 Å². The van der Waals surface area contributed by atoms with Crippen LogP contribution in [0.25, 0.3) is 0 Å². The third-order valence-electron chi connectivity index (χ3n) is 3.58. The molecule has 3 aromatic carbocycles. The van der Waals surface area contributed by atoms with Crippen molar-refractivity contribution in [3.63, 3.8) is 0 Å². The van der Waals surface area contributed by atoms with Crippen molar-refractivity contribution in [1.29, 1.82) is 0 Å². The van der Waals surface area contributed by atoms with Crippen molar-refractivity contribution >= 4 is 44.9 Å². The molecule has 0 heterocycles. The first-order valence-electron chi connectivity index (χ1n) is 8.01. The summed E-state index contributed by atoms with van der Waals surface area (Å²) >= 11 is 3.21. The third-order valence-corrected chi connectivity index (χ3v) is 4.08. The number of urea groups is 1. The molecule has 0 bridgehead atoms. The lowest BCUT2D eigenvalue weighted by atomic mass is 10.2. The van der Waals surface area contributed by atoms with Gasteiger partial charge in [0.25, 0.3) is 5.91 Å². The summed E-state index contributed by atoms with van der Waals surface area (Å²) in [5, 5.41) is 8.00. The standard InChI is InChI=1S/C20H15BrFN3O2/c21-13-9-10-18(22)17(11-13)19(26)23-15-7-4-8-16(12-15)25-20(27)24-14-5-2-1-3-6-14/h1-12H,(H,23,26)(H2,24,25,27). The van der Waals surface area contributed by atoms with Gasteiger partial charge in [-0.05, 0) is 48.5 Å². The van der Waals surface area contributed by atoms with Crippen LogP contribution in [-0.2, 0) is 0 Å². The van der Waals surface area contributed by atoms with Crippen molar-refractivity contribution in [3.05, 3.63) is 88.6 Å². The van der Waals surface area contributed by atoms with Gasteiger partial charge in [0.1, 0.15) is 5.82 Å². The van der Waals surface area contributed by atoms with Crippen LogP contribution in [0.3, 0.4) is 0 Å². The molecule has 3 aromatic rings. The van der Waals surface area contributed by atoms with Crippen LogP contribution < -0.4 is 16.0 Å². The number of para-hydroxylation sites is 1. The molecule has 7 heteroatoms. The van der Waals surface area contributed by atoms with Crippen LogP contribution >= 0.6 is 15.9 Å². The van der Waals surface area contributed by atoms with Crippen LogP contribution in [0.4, 0.5) is 26.2 Å². The highest BCUT2D eigenvalue weighted by molar-refractivity contribution is 9.10. The molecule has 0 atom stereocenters. The lowest BCUT2D eigenvalue weighted by Crippen LogP contribution is -2.19. The summed E-state index contributed by atoms with van der Waals surface area (Å²) in [6.45, 7) is 0. The number of rotatable bonds is 4. The SMILES string of the molecule is O=C(Nc1ccccc1)Nc1cccc(NC(=O)c2cc(Br)ccc2F)c1. The summed E-state index contributed by atoms with van der Waals surface area (Å²) in [4.78, 5) is 24.3. The Hall–Kier alpha value is -3.19. The summed E-state index contributed by atoms with van der Waals surface area (Å²) in [6.07, 6.45) is 0. The first kappa shape index (κ1) is 18.6. The number of halogens is 2. The maximum absolute atomic E-state index is 13.8. The summed E-state index contributed by atoms with van der Waals surface area (Å²) in [6, 6.07) is 19.3. The summed E-state index contributed by atoms with van der Waals surface area (Å²) in [5.74, 6) is -1.20. The molecule has 0 aliphatic carbocycles. The molecule has 3 rings (SSSR count). The zero-order chi connectivity index (χ0) is 19.2. The quantitative estimate of drug-likeness (QED) is 0.515. The molecular weight excluding hydrogens is 413 g/mol. The van der Waals surface area contributed by atoms with Crippen molar-refractivity contribution in [2.45, 2.75) is 0 Å². The monoisotopic (exact) mass is 427 g/mol. The van der Waals surface area contributed by atoms with E-state index in [1.165, 1.54) is 18.2 Å². The molecule has 0 unspecified atom stereocenters. The highest BCUT2D eigenvalue weighted by atomic mass is 79.9. The predicted octanol–water partition coefficient (Wildman–Crippen LogP) is 5.48. The Labute approximate surface area is 163 Å². The normalized spacial score (nSPS) is 10.1. The van der Waals surface area contributed by atoms with Crippen LogP contribution in [0.1, 0.15) is 10.4 Å². The van der Waals surface area contributed by atoms with E-state index in [9.17, 15) is 14.0 Å². The van der Waals surface area contributed by atoms with Crippen molar-refractivity contribution in [2.24, 2.45) is 0 Å². The predicted molar refractivity (Wildman–Crippen MR) is 108 cm³/mol. The Bertz CT molecular complexity index is 980. The van der Waals surface area contributed by atoms with Gasteiger partial charge < -0.3 is 16.0 Å². The molecule has 0 aromatic heterocycles. The molecule has 0 radical (unpaired) electrons. The molecular formula is C20H15BrFN3O2. The minimum absolute atomic E-state index is 0.0791. The second kappa shape index (κ2) is 8.46. The summed E-state index contributed by atoms with van der Waals surface area (Å²) in [7, 11) is 0. The Morgan fingerprint density at radius 2 is 1.37 bits per heavy atom. The highest BCUT2D eigenvalue weighted by Crippen LogP contribution is 2.19. The number of benzene rings is 3. The van der Waals surface area contributed by atoms with Crippen LogP contribution in [0.2, 0.25) is 0 Å². The van der Waals surface area contributed by atoms with E-state index in [1.807, 2.05) is 18.2 Å². The van der Waals surface area contributed by atoms with Crippen molar-refractivity contribution in [2.75, 3.05) is 16.0 Å². The number of nitrogens with one attached hydrogen (secondary N) is 3. The number of carbonyl (C=O) groups excluding carboxylic acids is 2. The number of anilines is 3. The molecule has 0 fully saturated rings. The topological polar surface area (TPSA) is 70.2 Å². The minimum atomic E-state index is -0.618. The van der Waals surface area contributed by atoms with Gasteiger partial charge >= 0.3 is 6.03 Å². The lowest BCUT2D eigenvalue weighted by molar-refractivity contribution is 0.102. The zero-order valence-corrected chi connectivity index (χ0v) is 15.6. The molecule has 0 saturated carbocycles. The number of carbonyl (C=O) groups is 2. The average molecular weight is 428 g/mol. The van der Waals surface area contributed by atoms with Crippen LogP contribution in [0.5, 0.6) is 0 Å². The van der Waals surface area contributed by atoms with Gasteiger partial charge in [0.05, 0.1) is 5.56 Å². The Balaban J connectivity index is 1.67. The van der Waals surface area contributed by atoms with E-state index in [-0.39, 0.29) is 5.56 Å². The van der Waals surface area contributed by atoms with E-state index < -0.39 is 17.8 Å². The van der Waals surface area contributed by atoms with Gasteiger partial charge in [0.2, 0.25) is 0 Å². The molecule has 27 heavy (non-hydrogen) atoms. The fourth-order valence-corrected chi connectivity index (χ4v) is 2.72. The highest BCUT2D eigenvalue weighted by Gasteiger charge is 2.13. The van der Waals surface area contributed by atoms with E-state index >= 15 is 0 Å². The van der Waals surface area contributed by atoms with Gasteiger partial charge in [-0.25, -0.2) is 9.18 Å². The van der Waals surface area contributed by atoms with Crippen molar-refractivity contribution in [3.8, 4) is 0 Å². The largest absolute Gasteiger partial charge is 0.323 e. The smallest absolute Gasteiger partial charge is 0.322 e. The lowest BCUT2D eigenvalue weighted by Gasteiger charge is -2.10.